The van der Waals surface area contributed by atoms with Gasteiger partial charge in [-0.1, -0.05) is 18.2 Å². The summed E-state index contributed by atoms with van der Waals surface area (Å²) in [6, 6.07) is 14.0. The van der Waals surface area contributed by atoms with Crippen LogP contribution in [-0.2, 0) is 14.5 Å². The number of carbonyl (C=O) groups is 1. The van der Waals surface area contributed by atoms with Gasteiger partial charge in [0, 0.05) is 34.6 Å². The van der Waals surface area contributed by atoms with Crippen LogP contribution in [0.3, 0.4) is 0 Å². The lowest BCUT2D eigenvalue weighted by atomic mass is 10.1. The number of rotatable bonds is 10. The Hall–Kier alpha value is -3.70. The van der Waals surface area contributed by atoms with Crippen molar-refractivity contribution in [3.63, 3.8) is 0 Å². The molecule has 11 heteroatoms. The minimum absolute atomic E-state index is 0.0770. The molecule has 0 fully saturated rings. The van der Waals surface area contributed by atoms with Crippen LogP contribution < -0.4 is 15.4 Å². The van der Waals surface area contributed by atoms with Crippen LogP contribution in [0.1, 0.15) is 20.8 Å². The van der Waals surface area contributed by atoms with Crippen molar-refractivity contribution in [1.29, 1.82) is 0 Å². The molecule has 36 heavy (non-hydrogen) atoms. The third-order valence-corrected chi connectivity index (χ3v) is 6.59. The van der Waals surface area contributed by atoms with Crippen LogP contribution in [0.5, 0.6) is 5.75 Å². The molecule has 3 aromatic rings. The molecule has 2 atom stereocenters. The number of aliphatic hydroxyl groups is 1. The number of anilines is 3. The Bertz CT molecular complexity index is 1310. The first-order valence-corrected chi connectivity index (χ1v) is 13.4. The topological polar surface area (TPSA) is 135 Å². The maximum Gasteiger partial charge on any atom is 0.442 e. The van der Waals surface area contributed by atoms with E-state index in [9.17, 15) is 14.1 Å². The Morgan fingerprint density at radius 3 is 2.58 bits per heavy atom. The Morgan fingerprint density at radius 1 is 1.17 bits per heavy atom. The van der Waals surface area contributed by atoms with Gasteiger partial charge >= 0.3 is 6.09 Å². The van der Waals surface area contributed by atoms with E-state index in [2.05, 4.69) is 25.0 Å². The summed E-state index contributed by atoms with van der Waals surface area (Å²) in [7, 11) is -3.01. The fourth-order valence-corrected chi connectivity index (χ4v) is 4.34. The number of benzene rings is 2. The highest BCUT2D eigenvalue weighted by Gasteiger charge is 2.14. The van der Waals surface area contributed by atoms with E-state index in [1.54, 1.807) is 37.4 Å². The van der Waals surface area contributed by atoms with Gasteiger partial charge in [0.2, 0.25) is 5.95 Å². The summed E-state index contributed by atoms with van der Waals surface area (Å²) >= 11 is 0. The highest BCUT2D eigenvalue weighted by molar-refractivity contribution is 7.93. The van der Waals surface area contributed by atoms with Crippen LogP contribution in [0.4, 0.5) is 22.2 Å². The number of aliphatic hydroxyl groups excluding tert-OH is 1. The molecular weight excluding hydrogens is 482 g/mol. The van der Waals surface area contributed by atoms with Crippen LogP contribution in [-0.4, -0.2) is 57.5 Å². The molecule has 0 aliphatic carbocycles. The van der Waals surface area contributed by atoms with Gasteiger partial charge in [-0.3, -0.25) is 0 Å². The molecule has 3 rings (SSSR count). The smallest absolute Gasteiger partial charge is 0.442 e. The molecule has 3 N–H and O–H groups in total. The lowest BCUT2D eigenvalue weighted by Crippen LogP contribution is -2.21. The molecule has 1 heterocycles. The molecule has 1 amide bonds. The highest BCUT2D eigenvalue weighted by atomic mass is 32.2. The average Bonchev–Trinajstić information content (AvgIpc) is 2.85. The van der Waals surface area contributed by atoms with Gasteiger partial charge in [0.1, 0.15) is 11.6 Å². The average molecular weight is 514 g/mol. The van der Waals surface area contributed by atoms with Crippen molar-refractivity contribution in [3.8, 4) is 16.9 Å². The molecule has 0 bridgehead atoms. The van der Waals surface area contributed by atoms with Crippen molar-refractivity contribution < 1.29 is 23.6 Å². The van der Waals surface area contributed by atoms with Gasteiger partial charge in [-0.15, -0.1) is 4.36 Å². The van der Waals surface area contributed by atoms with Gasteiger partial charge in [-0.25, -0.2) is 14.0 Å². The molecule has 192 valence electrons. The van der Waals surface area contributed by atoms with E-state index in [-0.39, 0.29) is 19.3 Å². The van der Waals surface area contributed by atoms with E-state index >= 15 is 0 Å². The second-order valence-electron chi connectivity index (χ2n) is 7.89. The fourth-order valence-electron chi connectivity index (χ4n) is 3.22. The zero-order valence-corrected chi connectivity index (χ0v) is 21.5. The molecule has 0 saturated heterocycles. The third-order valence-electron chi connectivity index (χ3n) is 4.97. The molecule has 10 nitrogen and oxygen atoms in total. The highest BCUT2D eigenvalue weighted by Crippen LogP contribution is 2.30. The van der Waals surface area contributed by atoms with E-state index < -0.39 is 15.8 Å². The number of carbonyl (C=O) groups excluding carboxylic acids is 1. The van der Waals surface area contributed by atoms with Crippen LogP contribution in [0.25, 0.3) is 11.1 Å². The second kappa shape index (κ2) is 12.3. The molecule has 0 aliphatic rings. The number of aromatic nitrogens is 2. The summed E-state index contributed by atoms with van der Waals surface area (Å²) in [5.74, 6) is 1.59. The molecular formula is C25H31N5O5S. The zero-order valence-electron chi connectivity index (χ0n) is 20.7. The van der Waals surface area contributed by atoms with Crippen molar-refractivity contribution in [1.82, 2.24) is 9.97 Å². The maximum atomic E-state index is 13.0. The second-order valence-corrected chi connectivity index (χ2v) is 10.1. The summed E-state index contributed by atoms with van der Waals surface area (Å²) in [5.41, 5.74) is 2.20. The first kappa shape index (κ1) is 26.9. The summed E-state index contributed by atoms with van der Waals surface area (Å²) in [6.07, 6.45) is 2.19. The predicted octanol–water partition coefficient (Wildman–Crippen LogP) is 4.69. The Morgan fingerprint density at radius 2 is 1.92 bits per heavy atom. The largest absolute Gasteiger partial charge is 0.494 e. The minimum atomic E-state index is -3.01. The molecule has 0 aliphatic heterocycles. The van der Waals surface area contributed by atoms with Crippen molar-refractivity contribution in [2.24, 2.45) is 4.36 Å². The van der Waals surface area contributed by atoms with Crippen LogP contribution >= 0.6 is 0 Å². The number of ether oxygens (including phenoxy) is 2. The molecule has 1 unspecified atom stereocenters. The molecule has 2 aromatic carbocycles. The Labute approximate surface area is 211 Å². The van der Waals surface area contributed by atoms with Gasteiger partial charge in [-0.05, 0) is 56.7 Å². The first-order chi connectivity index (χ1) is 17.2. The van der Waals surface area contributed by atoms with Crippen molar-refractivity contribution >= 4 is 33.3 Å². The summed E-state index contributed by atoms with van der Waals surface area (Å²) < 4.78 is 27.0. The SMILES string of the molecule is CCOC(=O)N=S(C)(=O)c1cccc(Nc2ncc(-c3ccc(OCC)cc3)c(N[C@H](C)CO)n2)c1. The van der Waals surface area contributed by atoms with Gasteiger partial charge in [0.05, 0.1) is 29.5 Å². The number of amides is 1. The molecule has 0 saturated carbocycles. The summed E-state index contributed by atoms with van der Waals surface area (Å²) in [5, 5.41) is 15.9. The first-order valence-electron chi connectivity index (χ1n) is 11.5. The quantitative estimate of drug-likeness (QED) is 0.353. The molecule has 0 spiro atoms. The summed E-state index contributed by atoms with van der Waals surface area (Å²) in [4.78, 5) is 21.1. The van der Waals surface area contributed by atoms with Crippen LogP contribution in [0.2, 0.25) is 0 Å². The normalized spacial score (nSPS) is 13.2. The third kappa shape index (κ3) is 7.15. The number of hydrogen-bond acceptors (Lipinski definition) is 9. The van der Waals surface area contributed by atoms with Gasteiger partial charge < -0.3 is 25.2 Å². The van der Waals surface area contributed by atoms with Gasteiger partial charge in [0.15, 0.2) is 0 Å². The lowest BCUT2D eigenvalue weighted by Gasteiger charge is -2.17. The number of nitrogens with zero attached hydrogens (tertiary/aromatic N) is 3. The Kier molecular flexibility index (Phi) is 9.20. The fraction of sp³-hybridized carbons (Fsp3) is 0.320. The lowest BCUT2D eigenvalue weighted by molar-refractivity contribution is 0.164. The van der Waals surface area contributed by atoms with E-state index in [0.717, 1.165) is 16.9 Å². The van der Waals surface area contributed by atoms with Gasteiger partial charge in [-0.2, -0.15) is 4.98 Å². The molecule has 1 aromatic heterocycles. The zero-order chi connectivity index (χ0) is 26.1. The van der Waals surface area contributed by atoms with Crippen molar-refractivity contribution in [3.05, 3.63) is 54.7 Å². The minimum Gasteiger partial charge on any atom is -0.494 e. The maximum absolute atomic E-state index is 13.0. The van der Waals surface area contributed by atoms with Crippen molar-refractivity contribution in [2.45, 2.75) is 31.7 Å². The van der Waals surface area contributed by atoms with E-state index in [4.69, 9.17) is 9.47 Å². The van der Waals surface area contributed by atoms with Crippen molar-refractivity contribution in [2.75, 3.05) is 36.7 Å². The summed E-state index contributed by atoms with van der Waals surface area (Å²) in [6.45, 7) is 6.07. The van der Waals surface area contributed by atoms with E-state index in [1.165, 1.54) is 6.26 Å². The monoisotopic (exact) mass is 513 g/mol. The van der Waals surface area contributed by atoms with E-state index in [0.29, 0.717) is 29.0 Å². The standard InChI is InChI=1S/C25H31N5O5S/c1-5-34-20-12-10-18(11-13-20)22-15-26-24(29-23(22)27-17(3)16-31)28-19-8-7-9-21(14-19)36(4,33)30-25(32)35-6-2/h7-15,17,31H,5-6,16H2,1-4H3,(H2,26,27,28,29)/t17-,36?/m1/s1. The number of hydrogen-bond donors (Lipinski definition) is 3. The predicted molar refractivity (Wildman–Crippen MR) is 140 cm³/mol. The molecule has 0 radical (unpaired) electrons. The van der Waals surface area contributed by atoms with Crippen LogP contribution in [0, 0.1) is 0 Å². The van der Waals surface area contributed by atoms with E-state index in [1.807, 2.05) is 38.1 Å². The number of nitrogens with one attached hydrogen (secondary N) is 2. The van der Waals surface area contributed by atoms with Crippen LogP contribution in [0.15, 0.2) is 64.0 Å². The van der Waals surface area contributed by atoms with Gasteiger partial charge in [0.25, 0.3) is 0 Å². The Balaban J connectivity index is 1.92.